The van der Waals surface area contributed by atoms with Crippen LogP contribution in [0, 0.1) is 178 Å². The van der Waals surface area contributed by atoms with Crippen LogP contribution in [0.2, 0.25) is 0 Å². The Labute approximate surface area is 515 Å². The fraction of sp³-hybridized carbons (Fsp3) is 0.902. The molecule has 18 aliphatic carbocycles. The third kappa shape index (κ3) is 18.3. The first kappa shape index (κ1) is 68.5. The van der Waals surface area contributed by atoms with Crippen LogP contribution in [-0.4, -0.2) is 0 Å². The third-order valence-electron chi connectivity index (χ3n) is 29.9. The fourth-order valence-electron chi connectivity index (χ4n) is 20.4. The minimum Gasteiger partial charge on any atom is -0.0883 e. The van der Waals surface area contributed by atoms with Gasteiger partial charge in [-0.1, -0.05) is 231 Å². The van der Waals surface area contributed by atoms with Gasteiger partial charge in [-0.3, -0.25) is 0 Å². The summed E-state index contributed by atoms with van der Waals surface area (Å²) < 4.78 is 0. The first-order valence-corrected chi connectivity index (χ1v) is 37.8. The molecule has 0 aromatic heterocycles. The molecule has 0 heterocycles. The molecule has 0 amide bonds. The van der Waals surface area contributed by atoms with E-state index in [2.05, 4.69) is 173 Å². The molecule has 472 valence electrons. The van der Waals surface area contributed by atoms with Gasteiger partial charge in [-0.2, -0.15) is 0 Å². The topological polar surface area (TPSA) is 0 Å². The van der Waals surface area contributed by atoms with Crippen molar-refractivity contribution >= 4 is 0 Å². The highest BCUT2D eigenvalue weighted by Gasteiger charge is 2.44. The van der Waals surface area contributed by atoms with Crippen LogP contribution in [0.1, 0.15) is 292 Å². The molecule has 82 heavy (non-hydrogen) atoms. The van der Waals surface area contributed by atoms with Crippen LogP contribution in [-0.2, 0) is 0 Å². The van der Waals surface area contributed by atoms with Crippen LogP contribution in [0.25, 0.3) is 0 Å². The molecule has 0 nitrogen and oxygen atoms in total. The van der Waals surface area contributed by atoms with Crippen LogP contribution < -0.4 is 0 Å². The normalized spacial score (nSPS) is 49.3. The predicted octanol–water partition coefficient (Wildman–Crippen LogP) is 25.3. The lowest BCUT2D eigenvalue weighted by atomic mass is 9.60. The molecule has 0 radical (unpaired) electrons. The van der Waals surface area contributed by atoms with Gasteiger partial charge in [0.25, 0.3) is 0 Å². The van der Waals surface area contributed by atoms with E-state index in [4.69, 9.17) is 0 Å². The number of fused-ring (bicyclic) bond motifs is 14. The van der Waals surface area contributed by atoms with Crippen molar-refractivity contribution < 1.29 is 0 Å². The van der Waals surface area contributed by atoms with Crippen molar-refractivity contribution in [1.29, 1.82) is 0 Å². The molecule has 0 N–H and O–H groups in total. The highest BCUT2D eigenvalue weighted by Crippen LogP contribution is 2.53. The van der Waals surface area contributed by atoms with E-state index in [1.54, 1.807) is 6.42 Å². The van der Waals surface area contributed by atoms with Crippen LogP contribution in [0.4, 0.5) is 0 Å². The number of allylic oxidation sites excluding steroid dienone is 8. The molecular weight excluding hydrogens is 985 g/mol. The minimum atomic E-state index is 0.917. The molecule has 12 bridgehead atoms. The Kier molecular flexibility index (Phi) is 27.5. The molecule has 0 aliphatic heterocycles. The zero-order chi connectivity index (χ0) is 59.4. The Balaban J connectivity index is 0.000000133. The quantitative estimate of drug-likeness (QED) is 0.168. The average Bonchev–Trinajstić information content (AvgIpc) is 4.47. The maximum absolute atomic E-state index is 2.46. The summed E-state index contributed by atoms with van der Waals surface area (Å²) in [6.45, 7) is 43.3. The Hall–Kier alpha value is -1.04. The van der Waals surface area contributed by atoms with E-state index in [1.165, 1.54) is 161 Å². The van der Waals surface area contributed by atoms with Crippen molar-refractivity contribution in [2.45, 2.75) is 292 Å². The van der Waals surface area contributed by atoms with Gasteiger partial charge < -0.3 is 0 Å². The lowest BCUT2D eigenvalue weighted by Crippen LogP contribution is -2.36. The molecule has 13 saturated carbocycles. The Morgan fingerprint density at radius 3 is 0.585 bits per heavy atom. The monoisotopic (exact) mass is 1130 g/mol. The van der Waals surface area contributed by atoms with Crippen LogP contribution in [0.5, 0.6) is 0 Å². The van der Waals surface area contributed by atoms with Crippen LogP contribution >= 0.6 is 0 Å². The molecule has 0 spiro atoms. The van der Waals surface area contributed by atoms with Crippen molar-refractivity contribution in [3.63, 3.8) is 0 Å². The van der Waals surface area contributed by atoms with Gasteiger partial charge in [0, 0.05) is 0 Å². The lowest BCUT2D eigenvalue weighted by molar-refractivity contribution is 0.0455. The Morgan fingerprint density at radius 2 is 0.402 bits per heavy atom. The van der Waals surface area contributed by atoms with Crippen molar-refractivity contribution in [3.05, 3.63) is 48.6 Å². The van der Waals surface area contributed by atoms with E-state index in [1.807, 2.05) is 0 Å². The summed E-state index contributed by atoms with van der Waals surface area (Å²) in [6, 6.07) is 0. The van der Waals surface area contributed by atoms with Gasteiger partial charge in [-0.15, -0.1) is 0 Å². The summed E-state index contributed by atoms with van der Waals surface area (Å²) in [4.78, 5) is 0. The molecule has 18 aliphatic rings. The van der Waals surface area contributed by atoms with Gasteiger partial charge in [0.15, 0.2) is 0 Å². The van der Waals surface area contributed by atoms with E-state index in [-0.39, 0.29) is 0 Å². The zero-order valence-corrected chi connectivity index (χ0v) is 58.3. The summed E-state index contributed by atoms with van der Waals surface area (Å²) in [5, 5.41) is 0. The SMILES string of the molecule is C[C@@H]1[C@@H](C)[C@H]2C=C[C@@H]1C2.C[C@@H]1[C@@H](C)[C@H]2C=C[C@@H]1C2.C[C@@H]1[C@@H](C)[C@H]2C=C[C@@H]1CC2.C[C@H]1C2CCC(CC2)[C@@H]1C.C[C@H]1C2CCC(CC2)[C@@H]1C.C[C@H]1CC=CC[C@@H]1C.C[C@H]1CCCCC[C@@H]1C.C[C@H]1CCCC[C@@H]1C.C[C@H]1[C@@H]2CC[C@@H](C2)[C@@H]1C. The van der Waals surface area contributed by atoms with Gasteiger partial charge >= 0.3 is 0 Å². The molecule has 0 aromatic rings. The number of rotatable bonds is 0. The second-order valence-corrected chi connectivity index (χ2v) is 33.9. The van der Waals surface area contributed by atoms with Gasteiger partial charge in [0.2, 0.25) is 0 Å². The van der Waals surface area contributed by atoms with E-state index < -0.39 is 0 Å². The second kappa shape index (κ2) is 33.0. The minimum absolute atomic E-state index is 0.917. The standard InChI is InChI=1S/2C10H18.C10H16.C9H16.2C9H14.C9H18.C8H16.C8H14/c3*1-7-8(2)10-5-3-9(7)4-6-10;3*1-6-7(2)9-4-3-8(6)5-9;1-8-6-4-3-5-7-9(8)2;2*1-7-5-3-4-6-8(7)2/h2*7-10H,3-6H2,1-2H3;3,5,7-10H,4,6H2,1-2H3;6-9H,3-5H2,1-2H3;2*3-4,6-9H,5H2,1-2H3;8-9H,3-7H2,1-2H3;7-8H,3-6H2,1-2H3;3-4,7-8H,5-6H2,1-2H3/t2*7-,8-,9?,10?;7-,8-,9-,10+;3*6-,7-,8-,9+;8-,9-;2*7-,8-/m111111000/s1. The fourth-order valence-corrected chi connectivity index (χ4v) is 20.4. The molecule has 18 rings (SSSR count). The molecular formula is C82H144. The largest absolute Gasteiger partial charge is 0.0883 e. The van der Waals surface area contributed by atoms with Crippen LogP contribution in [0.15, 0.2) is 48.6 Å². The first-order chi connectivity index (χ1) is 39.1. The summed E-state index contributed by atoms with van der Waals surface area (Å²) in [7, 11) is 0. The highest BCUT2D eigenvalue weighted by molar-refractivity contribution is 5.13. The van der Waals surface area contributed by atoms with Gasteiger partial charge in [0.1, 0.15) is 0 Å². The van der Waals surface area contributed by atoms with E-state index in [0.29, 0.717) is 0 Å². The van der Waals surface area contributed by atoms with E-state index >= 15 is 0 Å². The molecule has 0 saturated heterocycles. The highest BCUT2D eigenvalue weighted by atomic mass is 14.5. The van der Waals surface area contributed by atoms with Crippen molar-refractivity contribution in [1.82, 2.24) is 0 Å². The van der Waals surface area contributed by atoms with Crippen LogP contribution in [0.3, 0.4) is 0 Å². The van der Waals surface area contributed by atoms with E-state index in [9.17, 15) is 0 Å². The number of hydrogen-bond donors (Lipinski definition) is 0. The molecule has 0 aromatic carbocycles. The summed E-state index contributed by atoms with van der Waals surface area (Å²) in [5.74, 6) is 30.0. The Morgan fingerprint density at radius 1 is 0.183 bits per heavy atom. The zero-order valence-electron chi connectivity index (χ0n) is 58.3. The Bertz CT molecular complexity index is 1690. The molecule has 26 atom stereocenters. The second-order valence-electron chi connectivity index (χ2n) is 33.9. The predicted molar refractivity (Wildman–Crippen MR) is 363 cm³/mol. The third-order valence-corrected chi connectivity index (χ3v) is 29.9. The number of hydrogen-bond acceptors (Lipinski definition) is 0. The first-order valence-electron chi connectivity index (χ1n) is 37.8. The summed E-state index contributed by atoms with van der Waals surface area (Å²) >= 11 is 0. The van der Waals surface area contributed by atoms with Gasteiger partial charge in [-0.25, -0.2) is 0 Å². The maximum Gasteiger partial charge on any atom is -0.0199 e. The van der Waals surface area contributed by atoms with Crippen molar-refractivity contribution in [2.75, 3.05) is 0 Å². The molecule has 13 fully saturated rings. The maximum atomic E-state index is 2.46. The summed E-state index contributed by atoms with van der Waals surface area (Å²) in [5.41, 5.74) is 0. The van der Waals surface area contributed by atoms with Crippen molar-refractivity contribution in [2.24, 2.45) is 178 Å². The summed E-state index contributed by atoms with van der Waals surface area (Å²) in [6.07, 6.45) is 57.7. The van der Waals surface area contributed by atoms with Gasteiger partial charge in [-0.05, 0) is 287 Å². The van der Waals surface area contributed by atoms with E-state index in [0.717, 1.165) is 178 Å². The molecule has 0 unspecified atom stereocenters. The van der Waals surface area contributed by atoms with Crippen molar-refractivity contribution in [3.8, 4) is 0 Å². The van der Waals surface area contributed by atoms with Gasteiger partial charge in [0.05, 0.1) is 0 Å². The average molecular weight is 1130 g/mol. The molecule has 0 heteroatoms. The smallest absolute Gasteiger partial charge is 0.0199 e. The lowest BCUT2D eigenvalue weighted by Gasteiger charge is -2.46.